The molecule has 0 spiro atoms. The van der Waals surface area contributed by atoms with Gasteiger partial charge in [-0.2, -0.15) is 0 Å². The molecule has 0 bridgehead atoms. The van der Waals surface area contributed by atoms with Crippen molar-refractivity contribution in [2.45, 2.75) is 6.54 Å². The zero-order chi connectivity index (χ0) is 12.4. The Kier molecular flexibility index (Phi) is 3.51. The first-order valence-electron chi connectivity index (χ1n) is 4.71. The van der Waals surface area contributed by atoms with Gasteiger partial charge in [-0.1, -0.05) is 23.2 Å². The molecule has 0 aliphatic heterocycles. The van der Waals surface area contributed by atoms with Gasteiger partial charge in [-0.15, -0.1) is 10.2 Å². The highest BCUT2D eigenvalue weighted by atomic mass is 35.5. The van der Waals surface area contributed by atoms with Crippen LogP contribution in [0, 0.1) is 0 Å². The summed E-state index contributed by atoms with van der Waals surface area (Å²) in [4.78, 5) is 0. The van der Waals surface area contributed by atoms with Crippen molar-refractivity contribution in [2.75, 3.05) is 7.11 Å². The molecule has 0 amide bonds. The van der Waals surface area contributed by atoms with Crippen LogP contribution in [0.2, 0.25) is 10.0 Å². The quantitative estimate of drug-likeness (QED) is 0.930. The molecule has 7 heteroatoms. The number of nitrogens with zero attached hydrogens (tertiary/aromatic N) is 2. The summed E-state index contributed by atoms with van der Waals surface area (Å²) in [6.45, 7) is 0.170. The van der Waals surface area contributed by atoms with E-state index in [9.17, 15) is 0 Å². The molecule has 90 valence electrons. The lowest BCUT2D eigenvalue weighted by Gasteiger charge is -2.07. The van der Waals surface area contributed by atoms with Crippen molar-refractivity contribution in [3.63, 3.8) is 0 Å². The van der Waals surface area contributed by atoms with Crippen molar-refractivity contribution in [2.24, 2.45) is 5.73 Å². The Morgan fingerprint density at radius 3 is 2.71 bits per heavy atom. The minimum Gasteiger partial charge on any atom is -0.494 e. The van der Waals surface area contributed by atoms with Crippen LogP contribution >= 0.6 is 23.2 Å². The van der Waals surface area contributed by atoms with Gasteiger partial charge in [0.05, 0.1) is 24.2 Å². The average Bonchev–Trinajstić information content (AvgIpc) is 2.76. The van der Waals surface area contributed by atoms with E-state index in [-0.39, 0.29) is 12.4 Å². The largest absolute Gasteiger partial charge is 0.494 e. The maximum Gasteiger partial charge on any atom is 0.251 e. The molecular weight excluding hydrogens is 265 g/mol. The molecule has 0 saturated heterocycles. The van der Waals surface area contributed by atoms with Crippen LogP contribution in [0.15, 0.2) is 16.5 Å². The van der Waals surface area contributed by atoms with E-state index in [4.69, 9.17) is 38.1 Å². The van der Waals surface area contributed by atoms with Crippen LogP contribution < -0.4 is 10.5 Å². The second-order valence-electron chi connectivity index (χ2n) is 3.17. The van der Waals surface area contributed by atoms with Gasteiger partial charge in [0.25, 0.3) is 5.89 Å². The Bertz CT molecular complexity index is 542. The predicted octanol–water partition coefficient (Wildman–Crippen LogP) is 2.51. The molecule has 5 nitrogen and oxygen atoms in total. The fraction of sp³-hybridized carbons (Fsp3) is 0.200. The standard InChI is InChI=1S/C10H9Cl2N3O2/c1-16-9-6(2-5(11)3-7(9)12)10-15-14-8(4-13)17-10/h2-3H,4,13H2,1H3. The van der Waals surface area contributed by atoms with E-state index in [2.05, 4.69) is 10.2 Å². The van der Waals surface area contributed by atoms with E-state index in [0.29, 0.717) is 27.2 Å². The van der Waals surface area contributed by atoms with Crippen LogP contribution in [0.25, 0.3) is 11.5 Å². The van der Waals surface area contributed by atoms with Gasteiger partial charge in [0.2, 0.25) is 5.89 Å². The lowest BCUT2D eigenvalue weighted by atomic mass is 10.2. The normalized spacial score (nSPS) is 10.6. The summed E-state index contributed by atoms with van der Waals surface area (Å²) in [5.41, 5.74) is 5.93. The predicted molar refractivity (Wildman–Crippen MR) is 64.2 cm³/mol. The molecule has 1 aromatic heterocycles. The smallest absolute Gasteiger partial charge is 0.251 e. The van der Waals surface area contributed by atoms with Gasteiger partial charge in [-0.05, 0) is 12.1 Å². The van der Waals surface area contributed by atoms with Crippen LogP contribution in [0.5, 0.6) is 5.75 Å². The van der Waals surface area contributed by atoms with Crippen LogP contribution in [0.3, 0.4) is 0 Å². The number of ether oxygens (including phenoxy) is 1. The van der Waals surface area contributed by atoms with Crippen molar-refractivity contribution < 1.29 is 9.15 Å². The first-order valence-corrected chi connectivity index (χ1v) is 5.47. The fourth-order valence-corrected chi connectivity index (χ4v) is 1.94. The Hall–Kier alpha value is -1.30. The third-order valence-corrected chi connectivity index (χ3v) is 2.58. The number of rotatable bonds is 3. The first kappa shape index (κ1) is 12.2. The van der Waals surface area contributed by atoms with Crippen molar-refractivity contribution >= 4 is 23.2 Å². The molecular formula is C10H9Cl2N3O2. The number of halogens is 2. The summed E-state index contributed by atoms with van der Waals surface area (Å²) in [6.07, 6.45) is 0. The summed E-state index contributed by atoms with van der Waals surface area (Å²) in [7, 11) is 1.50. The van der Waals surface area contributed by atoms with Crippen molar-refractivity contribution in [3.05, 3.63) is 28.1 Å². The van der Waals surface area contributed by atoms with Crippen LogP contribution in [0.4, 0.5) is 0 Å². The van der Waals surface area contributed by atoms with Gasteiger partial charge >= 0.3 is 0 Å². The number of benzene rings is 1. The number of methoxy groups -OCH3 is 1. The zero-order valence-corrected chi connectivity index (χ0v) is 10.4. The number of aromatic nitrogens is 2. The third kappa shape index (κ3) is 2.36. The Morgan fingerprint density at radius 1 is 1.35 bits per heavy atom. The third-order valence-electron chi connectivity index (χ3n) is 2.08. The van der Waals surface area contributed by atoms with Gasteiger partial charge in [0.15, 0.2) is 0 Å². The molecule has 1 aromatic carbocycles. The Morgan fingerprint density at radius 2 is 2.12 bits per heavy atom. The first-order chi connectivity index (χ1) is 8.15. The lowest BCUT2D eigenvalue weighted by molar-refractivity contribution is 0.413. The summed E-state index contributed by atoms with van der Waals surface area (Å²) < 4.78 is 10.5. The summed E-state index contributed by atoms with van der Waals surface area (Å²) in [5.74, 6) is 1.04. The van der Waals surface area contributed by atoms with E-state index >= 15 is 0 Å². The molecule has 2 aromatic rings. The highest BCUT2D eigenvalue weighted by molar-refractivity contribution is 6.36. The van der Waals surface area contributed by atoms with Gasteiger partial charge in [-0.25, -0.2) is 0 Å². The lowest BCUT2D eigenvalue weighted by Crippen LogP contribution is -1.95. The molecule has 2 rings (SSSR count). The second kappa shape index (κ2) is 4.91. The van der Waals surface area contributed by atoms with Gasteiger partial charge in [-0.3, -0.25) is 0 Å². The van der Waals surface area contributed by atoms with E-state index in [0.717, 1.165) is 0 Å². The van der Waals surface area contributed by atoms with Gasteiger partial charge in [0.1, 0.15) is 5.75 Å². The maximum atomic E-state index is 6.00. The van der Waals surface area contributed by atoms with E-state index in [1.807, 2.05) is 0 Å². The van der Waals surface area contributed by atoms with Crippen LogP contribution in [0.1, 0.15) is 5.89 Å². The van der Waals surface area contributed by atoms with Crippen molar-refractivity contribution in [1.29, 1.82) is 0 Å². The number of nitrogens with two attached hydrogens (primary N) is 1. The second-order valence-corrected chi connectivity index (χ2v) is 4.02. The molecule has 0 saturated carbocycles. The molecule has 17 heavy (non-hydrogen) atoms. The van der Waals surface area contributed by atoms with Crippen LogP contribution in [-0.2, 0) is 6.54 Å². The average molecular weight is 274 g/mol. The van der Waals surface area contributed by atoms with E-state index in [1.165, 1.54) is 7.11 Å². The molecule has 2 N–H and O–H groups in total. The number of hydrogen-bond acceptors (Lipinski definition) is 5. The topological polar surface area (TPSA) is 74.2 Å². The maximum absolute atomic E-state index is 6.00. The SMILES string of the molecule is COc1c(Cl)cc(Cl)cc1-c1nnc(CN)o1. The van der Waals surface area contributed by atoms with Crippen molar-refractivity contribution in [1.82, 2.24) is 10.2 Å². The summed E-state index contributed by atoms with van der Waals surface area (Å²) in [5, 5.41) is 8.45. The molecule has 0 atom stereocenters. The Labute approximate surface area is 107 Å². The minimum atomic E-state index is 0.170. The molecule has 0 unspecified atom stereocenters. The molecule has 0 aliphatic rings. The molecule has 0 fully saturated rings. The highest BCUT2D eigenvalue weighted by Gasteiger charge is 2.16. The Balaban J connectivity index is 2.57. The van der Waals surface area contributed by atoms with Crippen LogP contribution in [-0.4, -0.2) is 17.3 Å². The molecule has 0 radical (unpaired) electrons. The summed E-state index contributed by atoms with van der Waals surface area (Å²) in [6, 6.07) is 3.21. The van der Waals surface area contributed by atoms with E-state index in [1.54, 1.807) is 12.1 Å². The monoisotopic (exact) mass is 273 g/mol. The van der Waals surface area contributed by atoms with Gasteiger partial charge in [0, 0.05) is 5.02 Å². The van der Waals surface area contributed by atoms with Crippen molar-refractivity contribution in [3.8, 4) is 17.2 Å². The fourth-order valence-electron chi connectivity index (χ4n) is 1.37. The highest BCUT2D eigenvalue weighted by Crippen LogP contribution is 2.38. The van der Waals surface area contributed by atoms with Gasteiger partial charge < -0.3 is 14.9 Å². The molecule has 1 heterocycles. The minimum absolute atomic E-state index is 0.170. The van der Waals surface area contributed by atoms with E-state index < -0.39 is 0 Å². The zero-order valence-electron chi connectivity index (χ0n) is 8.91. The molecule has 0 aliphatic carbocycles. The summed E-state index contributed by atoms with van der Waals surface area (Å²) >= 11 is 11.9. The number of hydrogen-bond donors (Lipinski definition) is 1.